The third-order valence-electron chi connectivity index (χ3n) is 3.73. The van der Waals surface area contributed by atoms with E-state index in [1.165, 1.54) is 12.8 Å². The molecule has 0 fully saturated rings. The maximum Gasteiger partial charge on any atom is -0.0136 e. The summed E-state index contributed by atoms with van der Waals surface area (Å²) in [6.45, 7) is 11.1. The van der Waals surface area contributed by atoms with E-state index >= 15 is 0 Å². The van der Waals surface area contributed by atoms with Crippen LogP contribution in [-0.4, -0.2) is 0 Å². The summed E-state index contributed by atoms with van der Waals surface area (Å²) < 4.78 is 0. The third kappa shape index (κ3) is 2.42. The lowest BCUT2D eigenvalue weighted by Gasteiger charge is -2.38. The summed E-state index contributed by atoms with van der Waals surface area (Å²) in [5, 5.41) is 0. The first-order chi connectivity index (χ1) is 7.11. The van der Waals surface area contributed by atoms with Crippen LogP contribution in [0.25, 0.3) is 0 Å². The molecule has 2 rings (SSSR count). The first kappa shape index (κ1) is 12.3. The van der Waals surface area contributed by atoms with Crippen molar-refractivity contribution in [2.75, 3.05) is 0 Å². The van der Waals surface area contributed by atoms with Crippen LogP contribution in [0, 0.1) is 5.41 Å². The molecule has 1 atom stereocenters. The fourth-order valence-corrected chi connectivity index (χ4v) is 2.28. The van der Waals surface area contributed by atoms with Gasteiger partial charge in [-0.15, -0.1) is 0 Å². The molecule has 0 N–H and O–H groups in total. The van der Waals surface area contributed by atoms with Gasteiger partial charge in [-0.3, -0.25) is 0 Å². The zero-order valence-corrected chi connectivity index (χ0v) is 10.8. The van der Waals surface area contributed by atoms with Gasteiger partial charge < -0.3 is 0 Å². The van der Waals surface area contributed by atoms with Gasteiger partial charge in [0.1, 0.15) is 0 Å². The molecule has 0 saturated heterocycles. The lowest BCUT2D eigenvalue weighted by molar-refractivity contribution is 0.259. The molecule has 1 aliphatic carbocycles. The van der Waals surface area contributed by atoms with Crippen molar-refractivity contribution in [2.45, 2.75) is 53.4 Å². The molecule has 0 nitrogen and oxygen atoms in total. The van der Waals surface area contributed by atoms with Crippen LogP contribution in [0.1, 0.15) is 58.1 Å². The third-order valence-corrected chi connectivity index (χ3v) is 3.73. The van der Waals surface area contributed by atoms with Crippen molar-refractivity contribution in [2.24, 2.45) is 5.41 Å². The molecule has 0 bridgehead atoms. The second-order valence-electron chi connectivity index (χ2n) is 4.91. The van der Waals surface area contributed by atoms with Crippen LogP contribution in [0.4, 0.5) is 0 Å². The Morgan fingerprint density at radius 3 is 2.40 bits per heavy atom. The van der Waals surface area contributed by atoms with Crippen molar-refractivity contribution in [1.82, 2.24) is 0 Å². The highest BCUT2D eigenvalue weighted by molar-refractivity contribution is 5.33. The van der Waals surface area contributed by atoms with Gasteiger partial charge >= 0.3 is 0 Å². The Kier molecular flexibility index (Phi) is 3.96. The van der Waals surface area contributed by atoms with Crippen molar-refractivity contribution < 1.29 is 0 Å². The summed E-state index contributed by atoms with van der Waals surface area (Å²) in [6.07, 6.45) is 2.58. The molecular weight excluding hydrogens is 180 g/mol. The molecule has 1 aromatic carbocycles. The summed E-state index contributed by atoms with van der Waals surface area (Å²) in [7, 11) is 0. The van der Waals surface area contributed by atoms with E-state index in [-0.39, 0.29) is 0 Å². The highest BCUT2D eigenvalue weighted by Crippen LogP contribution is 2.44. The minimum Gasteiger partial charge on any atom is -0.0683 e. The smallest absolute Gasteiger partial charge is 0.0136 e. The molecular formula is C15H24. The van der Waals surface area contributed by atoms with Crippen LogP contribution in [-0.2, 0) is 6.42 Å². The maximum absolute atomic E-state index is 2.38. The quantitative estimate of drug-likeness (QED) is 0.570. The van der Waals surface area contributed by atoms with E-state index < -0.39 is 0 Å². The summed E-state index contributed by atoms with van der Waals surface area (Å²) in [5.41, 5.74) is 3.61. The molecule has 0 aliphatic heterocycles. The second kappa shape index (κ2) is 4.83. The molecule has 15 heavy (non-hydrogen) atoms. The highest BCUT2D eigenvalue weighted by Gasteiger charge is 2.31. The largest absolute Gasteiger partial charge is 0.0683 e. The van der Waals surface area contributed by atoms with Gasteiger partial charge in [-0.1, -0.05) is 58.9 Å². The molecule has 0 amide bonds. The van der Waals surface area contributed by atoms with E-state index in [2.05, 4.69) is 45.0 Å². The van der Waals surface area contributed by atoms with Gasteiger partial charge in [-0.05, 0) is 35.3 Å². The minimum absolute atomic E-state index is 0.481. The Bertz CT molecular complexity index is 310. The lowest BCUT2D eigenvalue weighted by Crippen LogP contribution is -2.26. The predicted molar refractivity (Wildman–Crippen MR) is 68.3 cm³/mol. The second-order valence-corrected chi connectivity index (χ2v) is 4.91. The van der Waals surface area contributed by atoms with Gasteiger partial charge in [0.2, 0.25) is 0 Å². The summed E-state index contributed by atoms with van der Waals surface area (Å²) >= 11 is 0. The molecule has 0 heterocycles. The summed E-state index contributed by atoms with van der Waals surface area (Å²) in [6, 6.07) is 8.89. The number of fused-ring (bicyclic) bond motifs is 1. The number of benzene rings is 1. The molecule has 0 spiro atoms. The lowest BCUT2D eigenvalue weighted by atomic mass is 9.67. The van der Waals surface area contributed by atoms with Gasteiger partial charge in [0, 0.05) is 0 Å². The standard InChI is InChI=1S/C13H18.C2H6/c1-10-12-7-5-4-6-11(12)8-9-13(10,2)3;1-2/h4-7,10H,8-9H2,1-3H3;1-2H3. The number of hydrogen-bond donors (Lipinski definition) is 0. The Morgan fingerprint density at radius 1 is 1.13 bits per heavy atom. The van der Waals surface area contributed by atoms with Crippen molar-refractivity contribution in [3.05, 3.63) is 35.4 Å². The first-order valence-corrected chi connectivity index (χ1v) is 6.19. The van der Waals surface area contributed by atoms with Crippen LogP contribution in [0.3, 0.4) is 0 Å². The summed E-state index contributed by atoms with van der Waals surface area (Å²) in [5.74, 6) is 0.706. The Labute approximate surface area is 94.7 Å². The Hall–Kier alpha value is -0.780. The van der Waals surface area contributed by atoms with Crippen molar-refractivity contribution >= 4 is 0 Å². The molecule has 0 heteroatoms. The first-order valence-electron chi connectivity index (χ1n) is 6.19. The molecule has 84 valence electrons. The number of rotatable bonds is 0. The van der Waals surface area contributed by atoms with Crippen LogP contribution in [0.15, 0.2) is 24.3 Å². The Morgan fingerprint density at radius 2 is 1.73 bits per heavy atom. The maximum atomic E-state index is 2.38. The van der Waals surface area contributed by atoms with Gasteiger partial charge in [-0.25, -0.2) is 0 Å². The van der Waals surface area contributed by atoms with Crippen LogP contribution >= 0.6 is 0 Å². The van der Waals surface area contributed by atoms with Crippen LogP contribution in [0.5, 0.6) is 0 Å². The molecule has 1 aliphatic rings. The predicted octanol–water partition coefficient (Wildman–Crippen LogP) is 4.79. The zero-order valence-electron chi connectivity index (χ0n) is 10.8. The topological polar surface area (TPSA) is 0 Å². The van der Waals surface area contributed by atoms with Crippen molar-refractivity contribution in [1.29, 1.82) is 0 Å². The SMILES string of the molecule is CC.CC1c2ccccc2CCC1(C)C. The van der Waals surface area contributed by atoms with Crippen LogP contribution < -0.4 is 0 Å². The van der Waals surface area contributed by atoms with Gasteiger partial charge in [0.15, 0.2) is 0 Å². The van der Waals surface area contributed by atoms with E-state index in [1.807, 2.05) is 13.8 Å². The average Bonchev–Trinajstić information content (AvgIpc) is 2.27. The Balaban J connectivity index is 0.000000531. The summed E-state index contributed by atoms with van der Waals surface area (Å²) in [4.78, 5) is 0. The zero-order chi connectivity index (χ0) is 11.5. The molecule has 0 aromatic heterocycles. The van der Waals surface area contributed by atoms with Crippen molar-refractivity contribution in [3.63, 3.8) is 0 Å². The molecule has 1 aromatic rings. The normalized spacial score (nSPS) is 22.3. The molecule has 1 unspecified atom stereocenters. The fourth-order valence-electron chi connectivity index (χ4n) is 2.28. The van der Waals surface area contributed by atoms with E-state index in [0.717, 1.165) is 0 Å². The number of aryl methyl sites for hydroxylation is 1. The van der Waals surface area contributed by atoms with E-state index in [4.69, 9.17) is 0 Å². The minimum atomic E-state index is 0.481. The van der Waals surface area contributed by atoms with Gasteiger partial charge in [0.05, 0.1) is 0 Å². The fraction of sp³-hybridized carbons (Fsp3) is 0.600. The van der Waals surface area contributed by atoms with E-state index in [1.54, 1.807) is 11.1 Å². The average molecular weight is 204 g/mol. The number of hydrogen-bond acceptors (Lipinski definition) is 0. The molecule has 0 saturated carbocycles. The molecule has 0 radical (unpaired) electrons. The monoisotopic (exact) mass is 204 g/mol. The van der Waals surface area contributed by atoms with E-state index in [9.17, 15) is 0 Å². The highest BCUT2D eigenvalue weighted by atomic mass is 14.4. The van der Waals surface area contributed by atoms with Crippen molar-refractivity contribution in [3.8, 4) is 0 Å². The van der Waals surface area contributed by atoms with Crippen LogP contribution in [0.2, 0.25) is 0 Å². The van der Waals surface area contributed by atoms with E-state index in [0.29, 0.717) is 11.3 Å². The van der Waals surface area contributed by atoms with Gasteiger partial charge in [-0.2, -0.15) is 0 Å². The van der Waals surface area contributed by atoms with Gasteiger partial charge in [0.25, 0.3) is 0 Å².